The van der Waals surface area contributed by atoms with E-state index in [1.54, 1.807) is 12.1 Å². The molecule has 1 saturated carbocycles. The minimum Gasteiger partial charge on any atom is -0.491 e. The van der Waals surface area contributed by atoms with E-state index in [1.807, 2.05) is 44.2 Å². The number of ether oxygens (including phenoxy) is 3. The number of carbonyl (C=O) groups excluding carboxylic acids is 2. The van der Waals surface area contributed by atoms with Crippen molar-refractivity contribution in [3.8, 4) is 5.75 Å². The summed E-state index contributed by atoms with van der Waals surface area (Å²) in [7, 11) is 0. The molecular weight excluding hydrogens is 400 g/mol. The molecule has 0 heterocycles. The van der Waals surface area contributed by atoms with Crippen LogP contribution in [0.15, 0.2) is 42.5 Å². The quantitative estimate of drug-likeness (QED) is 0.280. The predicted octanol–water partition coefficient (Wildman–Crippen LogP) is 2.83. The molecule has 1 aromatic rings. The molecule has 31 heavy (non-hydrogen) atoms. The molecule has 0 spiro atoms. The van der Waals surface area contributed by atoms with Crippen LogP contribution in [-0.2, 0) is 19.1 Å². The first-order valence-corrected chi connectivity index (χ1v) is 10.9. The van der Waals surface area contributed by atoms with Crippen LogP contribution in [0, 0.1) is 5.92 Å². The van der Waals surface area contributed by atoms with Crippen LogP contribution in [0.3, 0.4) is 0 Å². The fourth-order valence-corrected chi connectivity index (χ4v) is 3.44. The van der Waals surface area contributed by atoms with E-state index in [4.69, 9.17) is 14.2 Å². The van der Waals surface area contributed by atoms with Crippen molar-refractivity contribution in [3.05, 3.63) is 42.5 Å². The first kappa shape index (κ1) is 25.0. The van der Waals surface area contributed by atoms with Crippen LogP contribution < -0.4 is 4.74 Å². The van der Waals surface area contributed by atoms with Gasteiger partial charge in [-0.25, -0.2) is 0 Å². The number of rotatable bonds is 13. The molecule has 7 heteroatoms. The van der Waals surface area contributed by atoms with Gasteiger partial charge in [-0.05, 0) is 45.2 Å². The molecule has 1 aliphatic carbocycles. The molecular formula is C24H34O7. The lowest BCUT2D eigenvalue weighted by atomic mass is 9.99. The monoisotopic (exact) mass is 434 g/mol. The molecule has 4 unspecified atom stereocenters. The summed E-state index contributed by atoms with van der Waals surface area (Å²) in [5, 5.41) is 20.3. The Kier molecular flexibility index (Phi) is 10.7. The van der Waals surface area contributed by atoms with Gasteiger partial charge in [0.05, 0.1) is 24.9 Å². The van der Waals surface area contributed by atoms with E-state index in [1.165, 1.54) is 0 Å². The summed E-state index contributed by atoms with van der Waals surface area (Å²) in [6, 6.07) is 9.15. The van der Waals surface area contributed by atoms with Gasteiger partial charge < -0.3 is 24.4 Å². The van der Waals surface area contributed by atoms with Crippen molar-refractivity contribution in [2.45, 2.75) is 70.4 Å². The second kappa shape index (κ2) is 13.2. The molecule has 7 nitrogen and oxygen atoms in total. The molecule has 172 valence electrons. The molecule has 4 atom stereocenters. The number of esters is 1. The summed E-state index contributed by atoms with van der Waals surface area (Å²) in [6.45, 7) is 3.67. The highest BCUT2D eigenvalue weighted by atomic mass is 16.5. The predicted molar refractivity (Wildman–Crippen MR) is 116 cm³/mol. The first-order valence-electron chi connectivity index (χ1n) is 10.9. The highest BCUT2D eigenvalue weighted by molar-refractivity contribution is 5.85. The zero-order chi connectivity index (χ0) is 22.6. The van der Waals surface area contributed by atoms with Crippen molar-refractivity contribution in [1.82, 2.24) is 0 Å². The van der Waals surface area contributed by atoms with Gasteiger partial charge >= 0.3 is 5.97 Å². The van der Waals surface area contributed by atoms with Crippen LogP contribution in [-0.4, -0.2) is 59.6 Å². The lowest BCUT2D eigenvalue weighted by Crippen LogP contribution is -2.34. The number of Topliss-reactive ketones (excluding diaryl/α,β-unsaturated/α-hetero) is 1. The summed E-state index contributed by atoms with van der Waals surface area (Å²) >= 11 is 0. The van der Waals surface area contributed by atoms with Gasteiger partial charge in [-0.2, -0.15) is 0 Å². The van der Waals surface area contributed by atoms with Gasteiger partial charge in [-0.3, -0.25) is 9.59 Å². The molecule has 2 rings (SSSR count). The van der Waals surface area contributed by atoms with Crippen LogP contribution in [0.2, 0.25) is 0 Å². The van der Waals surface area contributed by atoms with Crippen molar-refractivity contribution in [1.29, 1.82) is 0 Å². The van der Waals surface area contributed by atoms with Gasteiger partial charge in [0.1, 0.15) is 24.2 Å². The number of hydrogen-bond donors (Lipinski definition) is 2. The van der Waals surface area contributed by atoms with Crippen LogP contribution in [0.25, 0.3) is 0 Å². The summed E-state index contributed by atoms with van der Waals surface area (Å²) in [5.74, 6) is -0.0454. The Hall–Kier alpha value is -2.22. The van der Waals surface area contributed by atoms with Crippen molar-refractivity contribution < 1.29 is 34.0 Å². The first-order chi connectivity index (χ1) is 14.9. The maximum absolute atomic E-state index is 12.2. The summed E-state index contributed by atoms with van der Waals surface area (Å²) in [6.07, 6.45) is 3.57. The number of aliphatic hydroxyl groups excluding tert-OH is 2. The molecule has 1 aromatic carbocycles. The third-order valence-electron chi connectivity index (χ3n) is 4.94. The van der Waals surface area contributed by atoms with Crippen molar-refractivity contribution in [2.75, 3.05) is 13.2 Å². The van der Waals surface area contributed by atoms with Crippen LogP contribution >= 0.6 is 0 Å². The van der Waals surface area contributed by atoms with Crippen molar-refractivity contribution >= 4 is 11.8 Å². The Morgan fingerprint density at radius 2 is 1.94 bits per heavy atom. The minimum atomic E-state index is -0.876. The number of hydrogen-bond acceptors (Lipinski definition) is 7. The topological polar surface area (TPSA) is 102 Å². The Morgan fingerprint density at radius 1 is 1.19 bits per heavy atom. The number of allylic oxidation sites excluding steroid dienone is 2. The van der Waals surface area contributed by atoms with Gasteiger partial charge in [0.2, 0.25) is 0 Å². The maximum Gasteiger partial charge on any atom is 0.306 e. The second-order valence-corrected chi connectivity index (χ2v) is 8.06. The van der Waals surface area contributed by atoms with Crippen molar-refractivity contribution in [3.63, 3.8) is 0 Å². The molecule has 1 fully saturated rings. The highest BCUT2D eigenvalue weighted by Gasteiger charge is 2.41. The zero-order valence-corrected chi connectivity index (χ0v) is 18.3. The maximum atomic E-state index is 12.2. The van der Waals surface area contributed by atoms with E-state index in [0.29, 0.717) is 31.4 Å². The van der Waals surface area contributed by atoms with E-state index in [-0.39, 0.29) is 37.5 Å². The zero-order valence-electron chi connectivity index (χ0n) is 18.3. The van der Waals surface area contributed by atoms with Crippen LogP contribution in [0.5, 0.6) is 5.75 Å². The van der Waals surface area contributed by atoms with Gasteiger partial charge in [0.15, 0.2) is 0 Å². The van der Waals surface area contributed by atoms with Crippen LogP contribution in [0.4, 0.5) is 0 Å². The Labute approximate surface area is 184 Å². The van der Waals surface area contributed by atoms with Gasteiger partial charge in [0.25, 0.3) is 0 Å². The number of carbonyl (C=O) groups is 2. The normalized spacial score (nSPS) is 22.2. The van der Waals surface area contributed by atoms with E-state index >= 15 is 0 Å². The van der Waals surface area contributed by atoms with E-state index < -0.39 is 24.2 Å². The average molecular weight is 435 g/mol. The van der Waals surface area contributed by atoms with Gasteiger partial charge in [-0.1, -0.05) is 30.4 Å². The molecule has 1 aliphatic rings. The molecule has 0 bridgehead atoms. The third-order valence-corrected chi connectivity index (χ3v) is 4.94. The van der Waals surface area contributed by atoms with Crippen LogP contribution in [0.1, 0.15) is 46.0 Å². The number of aliphatic hydroxyl groups is 2. The van der Waals surface area contributed by atoms with E-state index in [9.17, 15) is 19.8 Å². The average Bonchev–Trinajstić information content (AvgIpc) is 3.00. The molecule has 0 amide bonds. The molecule has 2 N–H and O–H groups in total. The Balaban J connectivity index is 1.71. The lowest BCUT2D eigenvalue weighted by molar-refractivity contribution is -0.147. The van der Waals surface area contributed by atoms with E-state index in [0.717, 1.165) is 0 Å². The Morgan fingerprint density at radius 3 is 2.65 bits per heavy atom. The standard InChI is InChI=1S/C24H34O7/c1-17(2)31-23(28)13-9-4-3-8-12-20-21(26)14-22(27)24(20)30-16-18(25)15-29-19-10-6-5-7-11-19/h3,5-8,10-11,17-18,20,22,24-25,27H,4,9,12-16H2,1-2H3/b8-3-. The Bertz CT molecular complexity index is 701. The molecule has 0 saturated heterocycles. The summed E-state index contributed by atoms with van der Waals surface area (Å²) in [4.78, 5) is 23.7. The number of para-hydroxylation sites is 1. The van der Waals surface area contributed by atoms with E-state index in [2.05, 4.69) is 0 Å². The summed E-state index contributed by atoms with van der Waals surface area (Å²) in [5.41, 5.74) is 0. The van der Waals surface area contributed by atoms with Gasteiger partial charge in [-0.15, -0.1) is 0 Å². The number of benzene rings is 1. The fourth-order valence-electron chi connectivity index (χ4n) is 3.44. The smallest absolute Gasteiger partial charge is 0.306 e. The van der Waals surface area contributed by atoms with Crippen molar-refractivity contribution in [2.24, 2.45) is 5.92 Å². The largest absolute Gasteiger partial charge is 0.491 e. The minimum absolute atomic E-state index is 0.0278. The SMILES string of the molecule is CC(C)OC(=O)CCC/C=C\CC1C(=O)CC(O)C1OCC(O)COc1ccccc1. The molecule has 0 aromatic heterocycles. The number of ketones is 1. The summed E-state index contributed by atoms with van der Waals surface area (Å²) < 4.78 is 16.3. The third kappa shape index (κ3) is 9.21. The van der Waals surface area contributed by atoms with Gasteiger partial charge in [0, 0.05) is 18.8 Å². The number of unbranched alkanes of at least 4 members (excludes halogenated alkanes) is 1. The molecule has 0 radical (unpaired) electrons. The fraction of sp³-hybridized carbons (Fsp3) is 0.583. The second-order valence-electron chi connectivity index (χ2n) is 8.06. The lowest BCUT2D eigenvalue weighted by Gasteiger charge is -2.22. The molecule has 0 aliphatic heterocycles. The highest BCUT2D eigenvalue weighted by Crippen LogP contribution is 2.29.